The number of amides is 2. The van der Waals surface area contributed by atoms with E-state index in [4.69, 9.17) is 5.73 Å². The zero-order valence-electron chi connectivity index (χ0n) is 11.8. The lowest BCUT2D eigenvalue weighted by molar-refractivity contribution is -0.128. The van der Waals surface area contributed by atoms with Crippen LogP contribution in [0.3, 0.4) is 0 Å². The predicted octanol–water partition coefficient (Wildman–Crippen LogP) is 0.0563. The van der Waals surface area contributed by atoms with Crippen LogP contribution < -0.4 is 16.4 Å². The van der Waals surface area contributed by atoms with E-state index < -0.39 is 5.41 Å². The van der Waals surface area contributed by atoms with Gasteiger partial charge < -0.3 is 16.4 Å². The Morgan fingerprint density at radius 1 is 1.42 bits per heavy atom. The summed E-state index contributed by atoms with van der Waals surface area (Å²) in [6.07, 6.45) is 0.676. The van der Waals surface area contributed by atoms with Gasteiger partial charge in [-0.2, -0.15) is 5.10 Å². The molecule has 0 aromatic carbocycles. The first-order chi connectivity index (χ1) is 8.83. The van der Waals surface area contributed by atoms with E-state index in [0.29, 0.717) is 12.1 Å². The van der Waals surface area contributed by atoms with Crippen molar-refractivity contribution in [2.24, 2.45) is 5.41 Å². The average Bonchev–Trinajstić information content (AvgIpc) is 2.76. The number of nitrogen functional groups attached to an aromatic ring is 1. The number of nitrogens with zero attached hydrogens (tertiary/aromatic N) is 1. The number of rotatable bonds is 5. The lowest BCUT2D eigenvalue weighted by Gasteiger charge is -2.22. The minimum Gasteiger partial charge on any atom is -0.395 e. The number of aromatic nitrogens is 2. The van der Waals surface area contributed by atoms with E-state index in [1.165, 1.54) is 0 Å². The van der Waals surface area contributed by atoms with Crippen LogP contribution in [0, 0.1) is 5.41 Å². The second-order valence-corrected chi connectivity index (χ2v) is 4.96. The van der Waals surface area contributed by atoms with Crippen molar-refractivity contribution in [3.63, 3.8) is 0 Å². The van der Waals surface area contributed by atoms with Crippen LogP contribution >= 0.6 is 0 Å². The Morgan fingerprint density at radius 2 is 2.05 bits per heavy atom. The van der Waals surface area contributed by atoms with Gasteiger partial charge in [0.15, 0.2) is 5.69 Å². The fourth-order valence-electron chi connectivity index (χ4n) is 1.63. The van der Waals surface area contributed by atoms with Gasteiger partial charge in [0.1, 0.15) is 0 Å². The summed E-state index contributed by atoms with van der Waals surface area (Å²) in [4.78, 5) is 23.5. The van der Waals surface area contributed by atoms with Gasteiger partial charge >= 0.3 is 0 Å². The molecule has 0 unspecified atom stereocenters. The highest BCUT2D eigenvalue weighted by Crippen LogP contribution is 2.16. The Bertz CT molecular complexity index is 478. The van der Waals surface area contributed by atoms with Gasteiger partial charge in [-0.1, -0.05) is 6.92 Å². The summed E-state index contributed by atoms with van der Waals surface area (Å²) in [5.74, 6) is -0.525. The number of carbonyl (C=O) groups excluding carboxylic acids is 2. The number of aryl methyl sites for hydroxylation is 1. The molecule has 2 amide bonds. The van der Waals surface area contributed by atoms with Gasteiger partial charge in [0, 0.05) is 13.6 Å². The molecule has 0 atom stereocenters. The van der Waals surface area contributed by atoms with Crippen LogP contribution in [0.25, 0.3) is 0 Å². The van der Waals surface area contributed by atoms with Crippen LogP contribution in [0.5, 0.6) is 0 Å². The number of hydrogen-bond acceptors (Lipinski definition) is 4. The lowest BCUT2D eigenvalue weighted by atomic mass is 9.92. The summed E-state index contributed by atoms with van der Waals surface area (Å²) in [6, 6.07) is 0. The molecule has 1 rings (SSSR count). The van der Waals surface area contributed by atoms with Gasteiger partial charge in [-0.05, 0) is 20.3 Å². The molecule has 1 aromatic heterocycles. The first-order valence-corrected chi connectivity index (χ1v) is 6.16. The van der Waals surface area contributed by atoms with Crippen LogP contribution in [0.15, 0.2) is 0 Å². The molecule has 0 saturated heterocycles. The molecule has 0 fully saturated rings. The maximum atomic E-state index is 11.9. The molecule has 0 spiro atoms. The molecular formula is C12H21N5O2. The first-order valence-electron chi connectivity index (χ1n) is 6.16. The highest BCUT2D eigenvalue weighted by molar-refractivity contribution is 5.98. The number of H-pyrrole nitrogens is 1. The molecule has 0 radical (unpaired) electrons. The van der Waals surface area contributed by atoms with E-state index in [9.17, 15) is 9.59 Å². The topological polar surface area (TPSA) is 113 Å². The second kappa shape index (κ2) is 5.73. The maximum Gasteiger partial charge on any atom is 0.273 e. The Labute approximate surface area is 112 Å². The Hall–Kier alpha value is -2.05. The standard InChI is InChI=1S/C12H21N5O2/c1-5-7-8(13)9(17-16-7)10(18)15-6-12(2,3)11(19)14-4/h5-6,13H2,1-4H3,(H,14,19)(H,15,18)(H,16,17). The fourth-order valence-corrected chi connectivity index (χ4v) is 1.63. The first kappa shape index (κ1) is 15.0. The zero-order chi connectivity index (χ0) is 14.6. The quantitative estimate of drug-likeness (QED) is 0.604. The third-order valence-corrected chi connectivity index (χ3v) is 2.98. The van der Waals surface area contributed by atoms with Gasteiger partial charge in [-0.15, -0.1) is 0 Å². The summed E-state index contributed by atoms with van der Waals surface area (Å²) in [5.41, 5.74) is 6.38. The third kappa shape index (κ3) is 3.24. The number of nitrogens with one attached hydrogen (secondary N) is 3. The highest BCUT2D eigenvalue weighted by Gasteiger charge is 2.28. The van der Waals surface area contributed by atoms with Crippen molar-refractivity contribution >= 4 is 17.5 Å². The van der Waals surface area contributed by atoms with Crippen LogP contribution in [0.2, 0.25) is 0 Å². The van der Waals surface area contributed by atoms with Gasteiger partial charge in [0.2, 0.25) is 5.91 Å². The van der Waals surface area contributed by atoms with Crippen LogP contribution in [0.4, 0.5) is 5.69 Å². The monoisotopic (exact) mass is 267 g/mol. The van der Waals surface area contributed by atoms with Crippen molar-refractivity contribution in [2.75, 3.05) is 19.3 Å². The van der Waals surface area contributed by atoms with Gasteiger partial charge in [0.25, 0.3) is 5.91 Å². The summed E-state index contributed by atoms with van der Waals surface area (Å²) >= 11 is 0. The van der Waals surface area contributed by atoms with Crippen LogP contribution in [-0.2, 0) is 11.2 Å². The molecule has 1 aromatic rings. The molecule has 7 heteroatoms. The van der Waals surface area contributed by atoms with Crippen molar-refractivity contribution in [2.45, 2.75) is 27.2 Å². The summed E-state index contributed by atoms with van der Waals surface area (Å²) in [5, 5.41) is 11.8. The Balaban J connectivity index is 2.70. The Morgan fingerprint density at radius 3 is 2.53 bits per heavy atom. The van der Waals surface area contributed by atoms with E-state index in [1.54, 1.807) is 20.9 Å². The van der Waals surface area contributed by atoms with Crippen LogP contribution in [0.1, 0.15) is 37.0 Å². The molecule has 0 aliphatic rings. The normalized spacial score (nSPS) is 11.2. The smallest absolute Gasteiger partial charge is 0.273 e. The van der Waals surface area contributed by atoms with Gasteiger partial charge in [-0.25, -0.2) is 0 Å². The van der Waals surface area contributed by atoms with Crippen molar-refractivity contribution in [3.8, 4) is 0 Å². The molecule has 19 heavy (non-hydrogen) atoms. The molecule has 5 N–H and O–H groups in total. The average molecular weight is 267 g/mol. The fraction of sp³-hybridized carbons (Fsp3) is 0.583. The van der Waals surface area contributed by atoms with Gasteiger partial charge in [-0.3, -0.25) is 14.7 Å². The third-order valence-electron chi connectivity index (χ3n) is 2.98. The maximum absolute atomic E-state index is 11.9. The van der Waals surface area contributed by atoms with E-state index in [1.807, 2.05) is 6.92 Å². The van der Waals surface area contributed by atoms with Crippen molar-refractivity contribution < 1.29 is 9.59 Å². The van der Waals surface area contributed by atoms with Crippen LogP contribution in [-0.4, -0.2) is 35.6 Å². The van der Waals surface area contributed by atoms with Crippen molar-refractivity contribution in [1.82, 2.24) is 20.8 Å². The molecule has 0 bridgehead atoms. The number of aromatic amines is 1. The summed E-state index contributed by atoms with van der Waals surface area (Å²) in [6.45, 7) is 5.62. The SMILES string of the molecule is CCc1[nH]nc(C(=O)NCC(C)(C)C(=O)NC)c1N. The second-order valence-electron chi connectivity index (χ2n) is 4.96. The number of anilines is 1. The minimum absolute atomic E-state index is 0.142. The Kier molecular flexibility index (Phi) is 4.52. The van der Waals surface area contributed by atoms with E-state index in [-0.39, 0.29) is 24.1 Å². The summed E-state index contributed by atoms with van der Waals surface area (Å²) < 4.78 is 0. The van der Waals surface area contributed by atoms with Crippen molar-refractivity contribution in [3.05, 3.63) is 11.4 Å². The van der Waals surface area contributed by atoms with Crippen molar-refractivity contribution in [1.29, 1.82) is 0 Å². The molecule has 0 aliphatic carbocycles. The minimum atomic E-state index is -0.691. The van der Waals surface area contributed by atoms with E-state index in [2.05, 4.69) is 20.8 Å². The highest BCUT2D eigenvalue weighted by atomic mass is 16.2. The molecule has 1 heterocycles. The molecular weight excluding hydrogens is 246 g/mol. The largest absolute Gasteiger partial charge is 0.395 e. The molecule has 7 nitrogen and oxygen atoms in total. The number of carbonyl (C=O) groups is 2. The lowest BCUT2D eigenvalue weighted by Crippen LogP contribution is -2.43. The van der Waals surface area contributed by atoms with E-state index in [0.717, 1.165) is 5.69 Å². The number of hydrogen-bond donors (Lipinski definition) is 4. The zero-order valence-corrected chi connectivity index (χ0v) is 11.8. The number of nitrogens with two attached hydrogens (primary N) is 1. The van der Waals surface area contributed by atoms with Gasteiger partial charge in [0.05, 0.1) is 16.8 Å². The summed E-state index contributed by atoms with van der Waals surface area (Å²) in [7, 11) is 1.56. The molecule has 0 saturated carbocycles. The molecule has 0 aliphatic heterocycles. The predicted molar refractivity (Wildman–Crippen MR) is 72.6 cm³/mol. The van der Waals surface area contributed by atoms with E-state index >= 15 is 0 Å². The molecule has 106 valence electrons.